The van der Waals surface area contributed by atoms with Gasteiger partial charge in [-0.2, -0.15) is 0 Å². The van der Waals surface area contributed by atoms with Crippen molar-refractivity contribution < 1.29 is 14.0 Å². The van der Waals surface area contributed by atoms with Crippen LogP contribution in [0.1, 0.15) is 23.4 Å². The van der Waals surface area contributed by atoms with Gasteiger partial charge in [0.15, 0.2) is 5.76 Å². The molecular weight excluding hydrogens is 292 g/mol. The molecule has 21 heavy (non-hydrogen) atoms. The molecule has 0 aliphatic carbocycles. The van der Waals surface area contributed by atoms with E-state index >= 15 is 0 Å². The van der Waals surface area contributed by atoms with Gasteiger partial charge in [0.1, 0.15) is 0 Å². The molecule has 2 amide bonds. The number of anilines is 2. The number of carbonyl (C=O) groups is 2. The fourth-order valence-corrected chi connectivity index (χ4v) is 2.59. The smallest absolute Gasteiger partial charge is 0.291 e. The molecule has 0 unspecified atom stereocenters. The molecule has 3 rings (SSSR count). The predicted molar refractivity (Wildman–Crippen MR) is 79.7 cm³/mol. The van der Waals surface area contributed by atoms with Crippen LogP contribution in [0.3, 0.4) is 0 Å². The number of halogens is 1. The third-order valence-electron chi connectivity index (χ3n) is 3.31. The Morgan fingerprint density at radius 1 is 1.33 bits per heavy atom. The van der Waals surface area contributed by atoms with Crippen molar-refractivity contribution in [3.05, 3.63) is 47.4 Å². The Labute approximate surface area is 126 Å². The number of benzene rings is 1. The van der Waals surface area contributed by atoms with Crippen molar-refractivity contribution in [2.75, 3.05) is 16.8 Å². The van der Waals surface area contributed by atoms with Gasteiger partial charge in [-0.05, 0) is 36.8 Å². The van der Waals surface area contributed by atoms with Crippen LogP contribution < -0.4 is 10.2 Å². The van der Waals surface area contributed by atoms with Gasteiger partial charge < -0.3 is 14.6 Å². The topological polar surface area (TPSA) is 62.6 Å². The van der Waals surface area contributed by atoms with Gasteiger partial charge in [0.2, 0.25) is 5.91 Å². The van der Waals surface area contributed by atoms with E-state index in [1.807, 2.05) is 0 Å². The normalized spacial score (nSPS) is 14.5. The van der Waals surface area contributed by atoms with Crippen LogP contribution in [0.5, 0.6) is 0 Å². The molecule has 1 aromatic carbocycles. The van der Waals surface area contributed by atoms with E-state index in [0.717, 1.165) is 6.42 Å². The summed E-state index contributed by atoms with van der Waals surface area (Å²) in [4.78, 5) is 25.3. The molecule has 0 spiro atoms. The van der Waals surface area contributed by atoms with E-state index < -0.39 is 0 Å². The van der Waals surface area contributed by atoms with E-state index in [2.05, 4.69) is 5.32 Å². The quantitative estimate of drug-likeness (QED) is 0.946. The Balaban J connectivity index is 1.78. The molecule has 6 heteroatoms. The van der Waals surface area contributed by atoms with Gasteiger partial charge in [0, 0.05) is 18.7 Å². The van der Waals surface area contributed by atoms with Crippen LogP contribution in [0.15, 0.2) is 41.0 Å². The summed E-state index contributed by atoms with van der Waals surface area (Å²) in [5.74, 6) is -0.0461. The zero-order valence-corrected chi connectivity index (χ0v) is 11.9. The van der Waals surface area contributed by atoms with Crippen LogP contribution >= 0.6 is 11.6 Å². The highest BCUT2D eigenvalue weighted by atomic mass is 35.5. The molecule has 1 N–H and O–H groups in total. The number of hydrogen-bond acceptors (Lipinski definition) is 3. The lowest BCUT2D eigenvalue weighted by Gasteiger charge is -2.18. The number of amides is 2. The SMILES string of the molecule is O=C(Nc1ccc(N2CCCC2=O)c(Cl)c1)c1ccco1. The summed E-state index contributed by atoms with van der Waals surface area (Å²) < 4.78 is 5.02. The summed E-state index contributed by atoms with van der Waals surface area (Å²) in [5, 5.41) is 3.13. The van der Waals surface area contributed by atoms with E-state index in [-0.39, 0.29) is 17.6 Å². The van der Waals surface area contributed by atoms with E-state index in [4.69, 9.17) is 16.0 Å². The lowest BCUT2D eigenvalue weighted by atomic mass is 10.2. The molecule has 0 radical (unpaired) electrons. The first-order valence-electron chi connectivity index (χ1n) is 6.60. The Kier molecular flexibility index (Phi) is 3.66. The van der Waals surface area contributed by atoms with Crippen molar-refractivity contribution in [1.82, 2.24) is 0 Å². The van der Waals surface area contributed by atoms with Gasteiger partial charge in [0.25, 0.3) is 5.91 Å². The molecule has 5 nitrogen and oxygen atoms in total. The van der Waals surface area contributed by atoms with Crippen molar-refractivity contribution in [3.8, 4) is 0 Å². The highest BCUT2D eigenvalue weighted by molar-refractivity contribution is 6.34. The minimum atomic E-state index is -0.346. The summed E-state index contributed by atoms with van der Waals surface area (Å²) in [6.07, 6.45) is 2.82. The Morgan fingerprint density at radius 3 is 2.81 bits per heavy atom. The fraction of sp³-hybridized carbons (Fsp3) is 0.200. The number of rotatable bonds is 3. The number of nitrogens with one attached hydrogen (secondary N) is 1. The van der Waals surface area contributed by atoms with Crippen molar-refractivity contribution >= 4 is 34.8 Å². The molecule has 1 aliphatic heterocycles. The van der Waals surface area contributed by atoms with Crippen LogP contribution in [0.2, 0.25) is 5.02 Å². The molecule has 0 saturated carbocycles. The monoisotopic (exact) mass is 304 g/mol. The van der Waals surface area contributed by atoms with Gasteiger partial charge in [-0.1, -0.05) is 11.6 Å². The molecule has 0 bridgehead atoms. The Hall–Kier alpha value is -2.27. The van der Waals surface area contributed by atoms with Gasteiger partial charge in [-0.3, -0.25) is 9.59 Å². The molecule has 2 aromatic rings. The second-order valence-corrected chi connectivity index (χ2v) is 5.15. The third kappa shape index (κ3) is 2.78. The molecule has 1 saturated heterocycles. The molecule has 1 fully saturated rings. The van der Waals surface area contributed by atoms with Crippen LogP contribution in [-0.4, -0.2) is 18.4 Å². The van der Waals surface area contributed by atoms with Crippen LogP contribution in [0, 0.1) is 0 Å². The highest BCUT2D eigenvalue weighted by Crippen LogP contribution is 2.31. The molecular formula is C15H13ClN2O3. The van der Waals surface area contributed by atoms with Crippen molar-refractivity contribution in [1.29, 1.82) is 0 Å². The lowest BCUT2D eigenvalue weighted by Crippen LogP contribution is -2.24. The summed E-state index contributed by atoms with van der Waals surface area (Å²) >= 11 is 6.21. The summed E-state index contributed by atoms with van der Waals surface area (Å²) in [6, 6.07) is 8.30. The summed E-state index contributed by atoms with van der Waals surface area (Å²) in [6.45, 7) is 0.677. The zero-order valence-electron chi connectivity index (χ0n) is 11.1. The minimum absolute atomic E-state index is 0.0734. The number of furan rings is 1. The molecule has 108 valence electrons. The fourth-order valence-electron chi connectivity index (χ4n) is 2.31. The highest BCUT2D eigenvalue weighted by Gasteiger charge is 2.23. The number of carbonyl (C=O) groups excluding carboxylic acids is 2. The molecule has 1 aliphatic rings. The first-order valence-corrected chi connectivity index (χ1v) is 6.98. The van der Waals surface area contributed by atoms with E-state index in [0.29, 0.717) is 29.4 Å². The van der Waals surface area contributed by atoms with Gasteiger partial charge in [-0.15, -0.1) is 0 Å². The van der Waals surface area contributed by atoms with E-state index in [1.165, 1.54) is 6.26 Å². The second kappa shape index (κ2) is 5.61. The number of hydrogen-bond donors (Lipinski definition) is 1. The zero-order chi connectivity index (χ0) is 14.8. The van der Waals surface area contributed by atoms with Crippen molar-refractivity contribution in [3.63, 3.8) is 0 Å². The first-order chi connectivity index (χ1) is 10.1. The Morgan fingerprint density at radius 2 is 2.19 bits per heavy atom. The summed E-state index contributed by atoms with van der Waals surface area (Å²) in [5.41, 5.74) is 1.23. The van der Waals surface area contributed by atoms with Crippen molar-refractivity contribution in [2.24, 2.45) is 0 Å². The van der Waals surface area contributed by atoms with Crippen LogP contribution in [-0.2, 0) is 4.79 Å². The maximum Gasteiger partial charge on any atom is 0.291 e. The molecule has 0 atom stereocenters. The average molecular weight is 305 g/mol. The van der Waals surface area contributed by atoms with E-state index in [1.54, 1.807) is 35.2 Å². The van der Waals surface area contributed by atoms with Gasteiger partial charge >= 0.3 is 0 Å². The number of nitrogens with zero attached hydrogens (tertiary/aromatic N) is 1. The first kappa shape index (κ1) is 13.7. The van der Waals surface area contributed by atoms with E-state index in [9.17, 15) is 9.59 Å². The predicted octanol–water partition coefficient (Wildman–Crippen LogP) is 3.31. The van der Waals surface area contributed by atoms with Gasteiger partial charge in [-0.25, -0.2) is 0 Å². The largest absolute Gasteiger partial charge is 0.459 e. The van der Waals surface area contributed by atoms with Crippen molar-refractivity contribution in [2.45, 2.75) is 12.8 Å². The minimum Gasteiger partial charge on any atom is -0.459 e. The third-order valence-corrected chi connectivity index (χ3v) is 3.62. The maximum absolute atomic E-state index is 11.9. The van der Waals surface area contributed by atoms with Crippen LogP contribution in [0.25, 0.3) is 0 Å². The maximum atomic E-state index is 11.9. The van der Waals surface area contributed by atoms with Gasteiger partial charge in [0.05, 0.1) is 17.0 Å². The Bertz CT molecular complexity index is 682. The average Bonchev–Trinajstić information content (AvgIpc) is 3.10. The standard InChI is InChI=1S/C15H13ClN2O3/c16-11-9-10(17-15(20)13-3-2-8-21-13)5-6-12(11)18-7-1-4-14(18)19/h2-3,5-6,8-9H,1,4,7H2,(H,17,20). The molecule has 1 aromatic heterocycles. The van der Waals surface area contributed by atoms with Crippen LogP contribution in [0.4, 0.5) is 11.4 Å². The second-order valence-electron chi connectivity index (χ2n) is 4.75. The summed E-state index contributed by atoms with van der Waals surface area (Å²) in [7, 11) is 0. The molecule has 2 heterocycles. The lowest BCUT2D eigenvalue weighted by molar-refractivity contribution is -0.117.